The van der Waals surface area contributed by atoms with Crippen LogP contribution in [0, 0.1) is 0 Å². The zero-order valence-corrected chi connectivity index (χ0v) is 11.4. The predicted molar refractivity (Wildman–Crippen MR) is 79.4 cm³/mol. The number of nitrogens with one attached hydrogen (secondary N) is 1. The van der Waals surface area contributed by atoms with Gasteiger partial charge in [-0.15, -0.1) is 0 Å². The van der Waals surface area contributed by atoms with E-state index in [1.807, 2.05) is 47.0 Å². The van der Waals surface area contributed by atoms with E-state index in [4.69, 9.17) is 0 Å². The molecule has 1 aromatic carbocycles. The molecule has 1 saturated carbocycles. The van der Waals surface area contributed by atoms with Gasteiger partial charge in [0.25, 0.3) is 5.91 Å². The highest BCUT2D eigenvalue weighted by atomic mass is 16.2. The Morgan fingerprint density at radius 2 is 1.95 bits per heavy atom. The number of benzene rings is 1. The number of rotatable bonds is 3. The average molecular weight is 278 g/mol. The summed E-state index contributed by atoms with van der Waals surface area (Å²) in [5, 5.41) is 2.99. The molecule has 1 aliphatic carbocycles. The van der Waals surface area contributed by atoms with E-state index in [2.05, 4.69) is 15.3 Å². The lowest BCUT2D eigenvalue weighted by Gasteiger charge is -2.08. The van der Waals surface area contributed by atoms with Gasteiger partial charge in [0.2, 0.25) is 5.82 Å². The Morgan fingerprint density at radius 3 is 2.71 bits per heavy atom. The molecule has 0 bridgehead atoms. The molecule has 4 rings (SSSR count). The molecule has 0 aliphatic heterocycles. The van der Waals surface area contributed by atoms with Crippen LogP contribution in [0.3, 0.4) is 0 Å². The Balaban J connectivity index is 1.90. The third kappa shape index (κ3) is 2.16. The maximum absolute atomic E-state index is 12.4. The van der Waals surface area contributed by atoms with Gasteiger partial charge in [0.05, 0.1) is 0 Å². The van der Waals surface area contributed by atoms with Crippen LogP contribution >= 0.6 is 0 Å². The van der Waals surface area contributed by atoms with E-state index < -0.39 is 0 Å². The number of aromatic nitrogens is 3. The molecule has 1 N–H and O–H groups in total. The third-order valence-corrected chi connectivity index (χ3v) is 3.55. The number of carbonyl (C=O) groups is 1. The van der Waals surface area contributed by atoms with Crippen molar-refractivity contribution in [3.8, 4) is 5.69 Å². The molecule has 1 amide bonds. The van der Waals surface area contributed by atoms with Crippen LogP contribution in [0.15, 0.2) is 48.7 Å². The molecular weight excluding hydrogens is 264 g/mol. The van der Waals surface area contributed by atoms with Crippen molar-refractivity contribution in [3.63, 3.8) is 0 Å². The molecule has 5 heteroatoms. The van der Waals surface area contributed by atoms with Crippen molar-refractivity contribution in [1.29, 1.82) is 0 Å². The summed E-state index contributed by atoms with van der Waals surface area (Å²) in [5.41, 5.74) is 2.31. The first-order valence-corrected chi connectivity index (χ1v) is 7.03. The lowest BCUT2D eigenvalue weighted by atomic mass is 10.3. The summed E-state index contributed by atoms with van der Waals surface area (Å²) in [4.78, 5) is 21.3. The van der Waals surface area contributed by atoms with Gasteiger partial charge in [-0.05, 0) is 37.1 Å². The minimum absolute atomic E-state index is 0.139. The Labute approximate surface area is 121 Å². The third-order valence-electron chi connectivity index (χ3n) is 3.55. The molecule has 1 fully saturated rings. The highest BCUT2D eigenvalue weighted by Crippen LogP contribution is 2.22. The standard InChI is InChI=1S/C16H14N4O/c21-16(18-11-8-9-11)15-19-13-7-4-10-17-14(13)20(15)12-5-2-1-3-6-12/h1-7,10-11H,8-9H2,(H,18,21). The van der Waals surface area contributed by atoms with E-state index >= 15 is 0 Å². The molecule has 1 aliphatic rings. The van der Waals surface area contributed by atoms with Crippen molar-refractivity contribution in [1.82, 2.24) is 19.9 Å². The van der Waals surface area contributed by atoms with Crippen molar-refractivity contribution in [3.05, 3.63) is 54.5 Å². The van der Waals surface area contributed by atoms with Gasteiger partial charge in [-0.3, -0.25) is 9.36 Å². The number of para-hydroxylation sites is 1. The fourth-order valence-corrected chi connectivity index (χ4v) is 2.36. The van der Waals surface area contributed by atoms with E-state index in [0.717, 1.165) is 24.0 Å². The molecule has 0 saturated heterocycles. The second-order valence-electron chi connectivity index (χ2n) is 5.20. The number of imidazole rings is 1. The van der Waals surface area contributed by atoms with Gasteiger partial charge in [0, 0.05) is 17.9 Å². The zero-order chi connectivity index (χ0) is 14.2. The molecule has 21 heavy (non-hydrogen) atoms. The second kappa shape index (κ2) is 4.70. The molecule has 3 aromatic rings. The van der Waals surface area contributed by atoms with Crippen molar-refractivity contribution in [2.24, 2.45) is 0 Å². The Morgan fingerprint density at radius 1 is 1.14 bits per heavy atom. The van der Waals surface area contributed by atoms with Crippen LogP contribution in [0.5, 0.6) is 0 Å². The van der Waals surface area contributed by atoms with Crippen LogP contribution in [0.1, 0.15) is 23.5 Å². The maximum atomic E-state index is 12.4. The quantitative estimate of drug-likeness (QED) is 0.799. The average Bonchev–Trinajstić information content (AvgIpc) is 3.25. The van der Waals surface area contributed by atoms with Crippen LogP contribution in [-0.2, 0) is 0 Å². The zero-order valence-electron chi connectivity index (χ0n) is 11.4. The lowest BCUT2D eigenvalue weighted by molar-refractivity contribution is 0.0939. The fraction of sp³-hybridized carbons (Fsp3) is 0.188. The first-order valence-electron chi connectivity index (χ1n) is 7.03. The molecule has 104 valence electrons. The summed E-state index contributed by atoms with van der Waals surface area (Å²) >= 11 is 0. The van der Waals surface area contributed by atoms with E-state index in [0.29, 0.717) is 17.5 Å². The van der Waals surface area contributed by atoms with Crippen molar-refractivity contribution < 1.29 is 4.79 Å². The monoisotopic (exact) mass is 278 g/mol. The predicted octanol–water partition coefficient (Wildman–Crippen LogP) is 2.31. The van der Waals surface area contributed by atoms with Gasteiger partial charge in [-0.1, -0.05) is 18.2 Å². The van der Waals surface area contributed by atoms with Crippen molar-refractivity contribution >= 4 is 17.1 Å². The molecule has 5 nitrogen and oxygen atoms in total. The second-order valence-corrected chi connectivity index (χ2v) is 5.20. The normalized spacial score (nSPS) is 14.3. The van der Waals surface area contributed by atoms with Crippen LogP contribution in [0.4, 0.5) is 0 Å². The van der Waals surface area contributed by atoms with Gasteiger partial charge in [-0.25, -0.2) is 9.97 Å². The number of nitrogens with zero attached hydrogens (tertiary/aromatic N) is 3. The minimum atomic E-state index is -0.139. The molecule has 0 unspecified atom stereocenters. The van der Waals surface area contributed by atoms with Gasteiger partial charge in [-0.2, -0.15) is 0 Å². The lowest BCUT2D eigenvalue weighted by Crippen LogP contribution is -2.28. The maximum Gasteiger partial charge on any atom is 0.287 e. The number of carbonyl (C=O) groups excluding carboxylic acids is 1. The van der Waals surface area contributed by atoms with E-state index in [1.165, 1.54) is 0 Å². The number of hydrogen-bond acceptors (Lipinski definition) is 3. The molecule has 0 radical (unpaired) electrons. The highest BCUT2D eigenvalue weighted by molar-refractivity contribution is 5.95. The van der Waals surface area contributed by atoms with E-state index in [9.17, 15) is 4.79 Å². The molecule has 0 atom stereocenters. The first kappa shape index (κ1) is 12.1. The van der Waals surface area contributed by atoms with E-state index in [1.54, 1.807) is 6.20 Å². The number of amides is 1. The van der Waals surface area contributed by atoms with Gasteiger partial charge < -0.3 is 5.32 Å². The summed E-state index contributed by atoms with van der Waals surface area (Å²) in [6, 6.07) is 13.7. The SMILES string of the molecule is O=C(NC1CC1)c1nc2cccnc2n1-c1ccccc1. The van der Waals surface area contributed by atoms with Crippen LogP contribution < -0.4 is 5.32 Å². The van der Waals surface area contributed by atoms with Crippen molar-refractivity contribution in [2.75, 3.05) is 0 Å². The Kier molecular flexibility index (Phi) is 2.70. The van der Waals surface area contributed by atoms with Gasteiger partial charge in [0.15, 0.2) is 5.65 Å². The first-order chi connectivity index (χ1) is 10.3. The minimum Gasteiger partial charge on any atom is -0.347 e. The summed E-state index contributed by atoms with van der Waals surface area (Å²) in [6.07, 6.45) is 3.82. The fourth-order valence-electron chi connectivity index (χ4n) is 2.36. The van der Waals surface area contributed by atoms with Crippen LogP contribution in [-0.4, -0.2) is 26.5 Å². The summed E-state index contributed by atoms with van der Waals surface area (Å²) in [6.45, 7) is 0. The van der Waals surface area contributed by atoms with Crippen molar-refractivity contribution in [2.45, 2.75) is 18.9 Å². The smallest absolute Gasteiger partial charge is 0.287 e. The topological polar surface area (TPSA) is 59.8 Å². The summed E-state index contributed by atoms with van der Waals surface area (Å²) < 4.78 is 1.81. The largest absolute Gasteiger partial charge is 0.347 e. The van der Waals surface area contributed by atoms with Crippen LogP contribution in [0.2, 0.25) is 0 Å². The van der Waals surface area contributed by atoms with E-state index in [-0.39, 0.29) is 5.91 Å². The number of pyridine rings is 1. The Bertz CT molecular complexity index is 806. The molecule has 2 heterocycles. The number of hydrogen-bond donors (Lipinski definition) is 1. The number of fused-ring (bicyclic) bond motifs is 1. The highest BCUT2D eigenvalue weighted by Gasteiger charge is 2.27. The molecule has 0 spiro atoms. The van der Waals surface area contributed by atoms with Crippen LogP contribution in [0.25, 0.3) is 16.9 Å². The Hall–Kier alpha value is -2.69. The van der Waals surface area contributed by atoms with Gasteiger partial charge in [0.1, 0.15) is 5.52 Å². The molecule has 2 aromatic heterocycles. The summed E-state index contributed by atoms with van der Waals surface area (Å²) in [5.74, 6) is 0.251. The molecular formula is C16H14N4O. The summed E-state index contributed by atoms with van der Waals surface area (Å²) in [7, 11) is 0. The van der Waals surface area contributed by atoms with Gasteiger partial charge >= 0.3 is 0 Å².